The second-order valence-electron chi connectivity index (χ2n) is 9.39. The molecule has 2 amide bonds. The summed E-state index contributed by atoms with van der Waals surface area (Å²) in [5.74, 6) is -0.321. The number of aromatic nitrogens is 1. The minimum atomic E-state index is -0.353. The number of carbonyl (C=O) groups excluding carboxylic acids is 2. The topological polar surface area (TPSA) is 97.9 Å². The highest BCUT2D eigenvalue weighted by molar-refractivity contribution is 8.18. The fourth-order valence-electron chi connectivity index (χ4n) is 4.94. The van der Waals surface area contributed by atoms with E-state index >= 15 is 0 Å². The van der Waals surface area contributed by atoms with Gasteiger partial charge >= 0.3 is 0 Å². The summed E-state index contributed by atoms with van der Waals surface area (Å²) in [6, 6.07) is 14.9. The number of imide groups is 1. The molecule has 9 nitrogen and oxygen atoms in total. The number of aryl methyl sites for hydroxylation is 2. The molecule has 2 aliphatic heterocycles. The number of rotatable bonds is 6. The van der Waals surface area contributed by atoms with Gasteiger partial charge < -0.3 is 14.2 Å². The van der Waals surface area contributed by atoms with Crippen molar-refractivity contribution in [3.8, 4) is 5.69 Å². The first-order valence-corrected chi connectivity index (χ1v) is 13.2. The van der Waals surface area contributed by atoms with Crippen molar-refractivity contribution in [2.45, 2.75) is 27.3 Å². The Labute approximate surface area is 224 Å². The van der Waals surface area contributed by atoms with Crippen LogP contribution in [0.25, 0.3) is 11.8 Å². The van der Waals surface area contributed by atoms with Crippen LogP contribution in [0, 0.1) is 30.9 Å². The molecule has 0 spiro atoms. The van der Waals surface area contributed by atoms with Crippen LogP contribution in [0.1, 0.15) is 28.1 Å². The van der Waals surface area contributed by atoms with Crippen LogP contribution in [0.2, 0.25) is 0 Å². The van der Waals surface area contributed by atoms with Gasteiger partial charge in [-0.3, -0.25) is 24.6 Å². The summed E-state index contributed by atoms with van der Waals surface area (Å²) in [6.45, 7) is 8.27. The fourth-order valence-corrected chi connectivity index (χ4v) is 5.76. The predicted molar refractivity (Wildman–Crippen MR) is 148 cm³/mol. The van der Waals surface area contributed by atoms with E-state index < -0.39 is 0 Å². The molecule has 10 heteroatoms. The SMILES string of the molecule is Cc1ccccc1CN1C(=O)S/C(=C\c2cc(C)n(-c3ccc(N4CCOCC4)c([N+](=O)[O-])c3)c2C)C1=O. The van der Waals surface area contributed by atoms with E-state index in [0.717, 1.165) is 39.8 Å². The maximum atomic E-state index is 13.1. The summed E-state index contributed by atoms with van der Waals surface area (Å²) >= 11 is 0.930. The van der Waals surface area contributed by atoms with Gasteiger partial charge in [-0.15, -0.1) is 0 Å². The van der Waals surface area contributed by atoms with Crippen molar-refractivity contribution >= 4 is 40.4 Å². The number of nitro benzene ring substituents is 1. The lowest BCUT2D eigenvalue weighted by Crippen LogP contribution is -2.36. The van der Waals surface area contributed by atoms with E-state index in [1.165, 1.54) is 4.90 Å². The Hall–Kier alpha value is -3.89. The van der Waals surface area contributed by atoms with Gasteiger partial charge in [0, 0.05) is 30.5 Å². The summed E-state index contributed by atoms with van der Waals surface area (Å²) in [7, 11) is 0. The second kappa shape index (κ2) is 10.5. The average molecular weight is 533 g/mol. The number of hydrogen-bond acceptors (Lipinski definition) is 7. The van der Waals surface area contributed by atoms with Crippen molar-refractivity contribution in [3.05, 3.63) is 91.6 Å². The molecule has 38 heavy (non-hydrogen) atoms. The van der Waals surface area contributed by atoms with Crippen LogP contribution < -0.4 is 4.90 Å². The van der Waals surface area contributed by atoms with Gasteiger partial charge in [-0.1, -0.05) is 24.3 Å². The molecule has 2 fully saturated rings. The molecule has 2 aliphatic rings. The summed E-state index contributed by atoms with van der Waals surface area (Å²) in [6.07, 6.45) is 1.73. The van der Waals surface area contributed by atoms with Gasteiger partial charge in [-0.2, -0.15) is 0 Å². The quantitative estimate of drug-likeness (QED) is 0.239. The van der Waals surface area contributed by atoms with Crippen molar-refractivity contribution in [2.24, 2.45) is 0 Å². The lowest BCUT2D eigenvalue weighted by atomic mass is 10.1. The summed E-state index contributed by atoms with van der Waals surface area (Å²) < 4.78 is 7.32. The van der Waals surface area contributed by atoms with Crippen molar-refractivity contribution in [3.63, 3.8) is 0 Å². The molecule has 196 valence electrons. The number of anilines is 1. The highest BCUT2D eigenvalue weighted by atomic mass is 32.2. The minimum absolute atomic E-state index is 0.0378. The van der Waals surface area contributed by atoms with Gasteiger partial charge in [0.25, 0.3) is 16.8 Å². The largest absolute Gasteiger partial charge is 0.378 e. The third-order valence-corrected chi connectivity index (χ3v) is 7.89. The van der Waals surface area contributed by atoms with E-state index in [1.807, 2.05) is 66.6 Å². The van der Waals surface area contributed by atoms with Crippen LogP contribution in [-0.4, -0.2) is 51.8 Å². The molecule has 3 heterocycles. The van der Waals surface area contributed by atoms with Crippen LogP contribution in [0.5, 0.6) is 0 Å². The Balaban J connectivity index is 1.45. The Bertz CT molecular complexity index is 1470. The van der Waals surface area contributed by atoms with Crippen molar-refractivity contribution in [2.75, 3.05) is 31.2 Å². The Morgan fingerprint density at radius 3 is 2.50 bits per heavy atom. The number of hydrogen-bond donors (Lipinski definition) is 0. The number of ether oxygens (including phenoxy) is 1. The van der Waals surface area contributed by atoms with Crippen LogP contribution in [0.15, 0.2) is 53.4 Å². The number of thioether (sulfide) groups is 1. The number of nitro groups is 1. The van der Waals surface area contributed by atoms with Gasteiger partial charge in [0.05, 0.1) is 35.3 Å². The van der Waals surface area contributed by atoms with Gasteiger partial charge in [0.2, 0.25) is 0 Å². The first kappa shape index (κ1) is 25.7. The molecule has 3 aromatic rings. The maximum Gasteiger partial charge on any atom is 0.294 e. The molecule has 2 saturated heterocycles. The van der Waals surface area contributed by atoms with Crippen LogP contribution in [0.3, 0.4) is 0 Å². The second-order valence-corrected chi connectivity index (χ2v) is 10.4. The molecule has 0 N–H and O–H groups in total. The lowest BCUT2D eigenvalue weighted by molar-refractivity contribution is -0.384. The minimum Gasteiger partial charge on any atom is -0.378 e. The number of amides is 2. The van der Waals surface area contributed by atoms with Crippen LogP contribution in [-0.2, 0) is 16.1 Å². The van der Waals surface area contributed by atoms with Crippen molar-refractivity contribution in [1.29, 1.82) is 0 Å². The normalized spacial score (nSPS) is 17.1. The van der Waals surface area contributed by atoms with Crippen LogP contribution >= 0.6 is 11.8 Å². The van der Waals surface area contributed by atoms with E-state index in [4.69, 9.17) is 4.74 Å². The molecule has 0 atom stereocenters. The fraction of sp³-hybridized carbons (Fsp3) is 0.286. The zero-order valence-electron chi connectivity index (χ0n) is 21.5. The molecule has 0 saturated carbocycles. The molecular weight excluding hydrogens is 504 g/mol. The molecule has 0 radical (unpaired) electrons. The standard InChI is InChI=1S/C28H28N4O5S/c1-18-6-4-5-7-21(18)17-30-27(33)26(38-28(30)34)15-22-14-19(2)31(20(22)3)23-8-9-24(25(16-23)32(35)36)29-10-12-37-13-11-29/h4-9,14-16H,10-13,17H2,1-3H3/b26-15-. The number of morpholine rings is 1. The third-order valence-electron chi connectivity index (χ3n) is 6.99. The molecule has 0 bridgehead atoms. The number of benzene rings is 2. The first-order valence-electron chi connectivity index (χ1n) is 12.3. The van der Waals surface area contributed by atoms with Crippen LogP contribution in [0.4, 0.5) is 16.2 Å². The van der Waals surface area contributed by atoms with Gasteiger partial charge in [-0.05, 0) is 73.5 Å². The molecular formula is C28H28N4O5S. The van der Waals surface area contributed by atoms with E-state index in [1.54, 1.807) is 18.2 Å². The van der Waals surface area contributed by atoms with E-state index in [9.17, 15) is 19.7 Å². The molecule has 0 unspecified atom stereocenters. The summed E-state index contributed by atoms with van der Waals surface area (Å²) in [4.78, 5) is 41.0. The lowest BCUT2D eigenvalue weighted by Gasteiger charge is -2.28. The zero-order chi connectivity index (χ0) is 27.0. The highest BCUT2D eigenvalue weighted by Crippen LogP contribution is 2.36. The van der Waals surface area contributed by atoms with E-state index in [0.29, 0.717) is 42.6 Å². The average Bonchev–Trinajstić information content (AvgIpc) is 3.34. The Morgan fingerprint density at radius 1 is 1.05 bits per heavy atom. The Kier molecular flexibility index (Phi) is 7.09. The number of nitrogens with zero attached hydrogens (tertiary/aromatic N) is 4. The molecule has 5 rings (SSSR count). The van der Waals surface area contributed by atoms with E-state index in [-0.39, 0.29) is 28.3 Å². The maximum absolute atomic E-state index is 13.1. The van der Waals surface area contributed by atoms with Crippen molar-refractivity contribution in [1.82, 2.24) is 9.47 Å². The molecule has 1 aromatic heterocycles. The van der Waals surface area contributed by atoms with Gasteiger partial charge in [0.1, 0.15) is 5.69 Å². The molecule has 0 aliphatic carbocycles. The summed E-state index contributed by atoms with van der Waals surface area (Å²) in [5, 5.41) is 11.7. The summed E-state index contributed by atoms with van der Waals surface area (Å²) in [5.41, 5.74) is 5.69. The van der Waals surface area contributed by atoms with Gasteiger partial charge in [-0.25, -0.2) is 0 Å². The first-order chi connectivity index (χ1) is 18.2. The highest BCUT2D eigenvalue weighted by Gasteiger charge is 2.35. The van der Waals surface area contributed by atoms with E-state index in [2.05, 4.69) is 0 Å². The van der Waals surface area contributed by atoms with Crippen molar-refractivity contribution < 1.29 is 19.2 Å². The smallest absolute Gasteiger partial charge is 0.294 e. The van der Waals surface area contributed by atoms with Gasteiger partial charge in [0.15, 0.2) is 0 Å². The zero-order valence-corrected chi connectivity index (χ0v) is 22.3. The number of carbonyl (C=O) groups is 2. The predicted octanol–water partition coefficient (Wildman–Crippen LogP) is 5.38. The molecule has 2 aromatic carbocycles. The third kappa shape index (κ3) is 4.84. The monoisotopic (exact) mass is 532 g/mol. The Morgan fingerprint density at radius 2 is 1.79 bits per heavy atom.